The first-order chi connectivity index (χ1) is 26.2. The van der Waals surface area contributed by atoms with E-state index in [0.717, 1.165) is 61.1 Å². The first-order valence-corrected chi connectivity index (χ1v) is 17.9. The predicted molar refractivity (Wildman–Crippen MR) is 219 cm³/mol. The van der Waals surface area contributed by atoms with Gasteiger partial charge in [-0.3, -0.25) is 0 Å². The normalized spacial score (nSPS) is 11.4. The van der Waals surface area contributed by atoms with Gasteiger partial charge in [-0.15, -0.1) is 0 Å². The van der Waals surface area contributed by atoms with Gasteiger partial charge in [0.1, 0.15) is 5.52 Å². The fourth-order valence-corrected chi connectivity index (χ4v) is 7.49. The van der Waals surface area contributed by atoms with Crippen LogP contribution in [0.25, 0.3) is 100.0 Å². The van der Waals surface area contributed by atoms with Gasteiger partial charge in [0.15, 0.2) is 5.58 Å². The van der Waals surface area contributed by atoms with Gasteiger partial charge in [-0.1, -0.05) is 152 Å². The topological polar surface area (TPSA) is 38.9 Å². The van der Waals surface area contributed by atoms with Crippen molar-refractivity contribution in [3.8, 4) is 67.2 Å². The van der Waals surface area contributed by atoms with E-state index in [-0.39, 0.29) is 0 Å². The van der Waals surface area contributed by atoms with Crippen LogP contribution in [0.4, 0.5) is 0 Å². The molecule has 0 bridgehead atoms. The van der Waals surface area contributed by atoms with Gasteiger partial charge in [-0.05, 0) is 97.7 Å². The van der Waals surface area contributed by atoms with Crippen LogP contribution in [0.15, 0.2) is 199 Å². The third kappa shape index (κ3) is 5.65. The Morgan fingerprint density at radius 1 is 0.340 bits per heavy atom. The monoisotopic (exact) mass is 676 g/mol. The zero-order valence-corrected chi connectivity index (χ0v) is 28.8. The molecule has 3 heteroatoms. The Morgan fingerprint density at radius 3 is 1.81 bits per heavy atom. The molecule has 8 aromatic carbocycles. The van der Waals surface area contributed by atoms with Crippen LogP contribution in [0.2, 0.25) is 0 Å². The summed E-state index contributed by atoms with van der Waals surface area (Å²) in [5, 5.41) is 3.58. The van der Waals surface area contributed by atoms with Crippen LogP contribution in [0.3, 0.4) is 0 Å². The van der Waals surface area contributed by atoms with Crippen molar-refractivity contribution in [3.63, 3.8) is 0 Å². The summed E-state index contributed by atoms with van der Waals surface area (Å²) in [5.41, 5.74) is 14.9. The fraction of sp³-hybridized carbons (Fsp3) is 0. The van der Waals surface area contributed by atoms with Crippen molar-refractivity contribution in [1.82, 2.24) is 9.97 Å². The first-order valence-electron chi connectivity index (χ1n) is 17.9. The molecule has 0 fully saturated rings. The molecule has 3 nitrogen and oxygen atoms in total. The fourth-order valence-electron chi connectivity index (χ4n) is 7.49. The van der Waals surface area contributed by atoms with Crippen LogP contribution in [0.1, 0.15) is 0 Å². The molecule has 0 aliphatic heterocycles. The second kappa shape index (κ2) is 12.9. The number of fused-ring (bicyclic) bond motifs is 3. The van der Waals surface area contributed by atoms with Crippen molar-refractivity contribution in [1.29, 1.82) is 0 Å². The minimum absolute atomic E-state index is 0.631. The lowest BCUT2D eigenvalue weighted by Gasteiger charge is -2.16. The van der Waals surface area contributed by atoms with Crippen LogP contribution in [0, 0.1) is 0 Å². The van der Waals surface area contributed by atoms with Crippen LogP contribution in [-0.2, 0) is 0 Å². The molecule has 0 amide bonds. The molecule has 10 rings (SSSR count). The molecule has 10 aromatic rings. The van der Waals surface area contributed by atoms with E-state index in [9.17, 15) is 0 Å². The van der Waals surface area contributed by atoms with E-state index in [2.05, 4.69) is 158 Å². The maximum atomic E-state index is 6.11. The number of rotatable bonds is 6. The summed E-state index contributed by atoms with van der Waals surface area (Å²) in [4.78, 5) is 9.94. The summed E-state index contributed by atoms with van der Waals surface area (Å²) >= 11 is 0. The average molecular weight is 677 g/mol. The van der Waals surface area contributed by atoms with Gasteiger partial charge in [0, 0.05) is 16.5 Å². The van der Waals surface area contributed by atoms with Gasteiger partial charge in [0.25, 0.3) is 0 Å². The van der Waals surface area contributed by atoms with Crippen LogP contribution >= 0.6 is 0 Å². The SMILES string of the molecule is c1ccc(-c2nc3cc(-c4cccc(-c5ccc6ccccc6c5-c5ccc(-c6cc(-c7ccccc7)c7ccccc7n6)cc5)c4)ccc3o2)cc1. The molecule has 0 radical (unpaired) electrons. The smallest absolute Gasteiger partial charge is 0.227 e. The van der Waals surface area contributed by atoms with E-state index in [1.165, 1.54) is 33.0 Å². The Balaban J connectivity index is 1.05. The van der Waals surface area contributed by atoms with Crippen molar-refractivity contribution in [3.05, 3.63) is 194 Å². The van der Waals surface area contributed by atoms with Gasteiger partial charge in [-0.25, -0.2) is 9.97 Å². The molecule has 2 heterocycles. The van der Waals surface area contributed by atoms with E-state index in [1.54, 1.807) is 0 Å². The lowest BCUT2D eigenvalue weighted by Crippen LogP contribution is -1.91. The maximum absolute atomic E-state index is 6.11. The Morgan fingerprint density at radius 2 is 0.981 bits per heavy atom. The molecular formula is C50H32N2O. The third-order valence-electron chi connectivity index (χ3n) is 10.1. The van der Waals surface area contributed by atoms with Crippen LogP contribution < -0.4 is 0 Å². The summed E-state index contributed by atoms with van der Waals surface area (Å²) < 4.78 is 6.11. The molecule has 0 spiro atoms. The van der Waals surface area contributed by atoms with Gasteiger partial charge in [0.2, 0.25) is 5.89 Å². The first kappa shape index (κ1) is 30.7. The molecule has 0 atom stereocenters. The standard InChI is InChI=1S/C50H32N2O/c1-3-12-33(13-4-1)44-32-46(51-45-21-10-9-20-43(44)45)35-22-24-36(25-23-35)49-41-19-8-7-14-34(41)26-28-42(49)40-18-11-17-38(30-40)39-27-29-48-47(31-39)52-50(53-48)37-15-5-2-6-16-37/h1-32H. The largest absolute Gasteiger partial charge is 0.436 e. The Bertz CT molecular complexity index is 2930. The van der Waals surface area contributed by atoms with E-state index in [0.29, 0.717) is 5.89 Å². The highest BCUT2D eigenvalue weighted by molar-refractivity contribution is 6.05. The summed E-state index contributed by atoms with van der Waals surface area (Å²) in [6, 6.07) is 68.3. The van der Waals surface area contributed by atoms with Gasteiger partial charge >= 0.3 is 0 Å². The molecule has 0 unspecified atom stereocenters. The highest BCUT2D eigenvalue weighted by Gasteiger charge is 2.16. The molecule has 0 aliphatic rings. The molecule has 0 aliphatic carbocycles. The Labute approximate surface area is 307 Å². The Hall–Kier alpha value is -7.10. The van der Waals surface area contributed by atoms with Crippen molar-refractivity contribution in [2.75, 3.05) is 0 Å². The molecule has 0 N–H and O–H groups in total. The Kier molecular flexibility index (Phi) is 7.47. The maximum Gasteiger partial charge on any atom is 0.227 e. The summed E-state index contributed by atoms with van der Waals surface area (Å²) in [6.45, 7) is 0. The quantitative estimate of drug-likeness (QED) is 0.176. The minimum atomic E-state index is 0.631. The lowest BCUT2D eigenvalue weighted by atomic mass is 9.88. The molecule has 2 aromatic heterocycles. The van der Waals surface area contributed by atoms with E-state index in [1.807, 2.05) is 36.4 Å². The molecule has 0 saturated carbocycles. The molecule has 0 saturated heterocycles. The second-order valence-corrected chi connectivity index (χ2v) is 13.4. The van der Waals surface area contributed by atoms with Crippen molar-refractivity contribution >= 4 is 32.8 Å². The zero-order chi connectivity index (χ0) is 35.1. The molecule has 248 valence electrons. The third-order valence-corrected chi connectivity index (χ3v) is 10.1. The second-order valence-electron chi connectivity index (χ2n) is 13.4. The van der Waals surface area contributed by atoms with E-state index < -0.39 is 0 Å². The minimum Gasteiger partial charge on any atom is -0.436 e. The van der Waals surface area contributed by atoms with Gasteiger partial charge in [0.05, 0.1) is 11.2 Å². The molecular weight excluding hydrogens is 645 g/mol. The highest BCUT2D eigenvalue weighted by Crippen LogP contribution is 2.41. The highest BCUT2D eigenvalue weighted by atomic mass is 16.3. The number of oxazole rings is 1. The number of hydrogen-bond donors (Lipinski definition) is 0. The van der Waals surface area contributed by atoms with Crippen molar-refractivity contribution in [2.45, 2.75) is 0 Å². The lowest BCUT2D eigenvalue weighted by molar-refractivity contribution is 0.620. The number of aromatic nitrogens is 2. The van der Waals surface area contributed by atoms with E-state index in [4.69, 9.17) is 14.4 Å². The van der Waals surface area contributed by atoms with Crippen molar-refractivity contribution in [2.24, 2.45) is 0 Å². The predicted octanol–water partition coefficient (Wildman–Crippen LogP) is 13.5. The number of hydrogen-bond acceptors (Lipinski definition) is 3. The van der Waals surface area contributed by atoms with Crippen molar-refractivity contribution < 1.29 is 4.42 Å². The summed E-state index contributed by atoms with van der Waals surface area (Å²) in [7, 11) is 0. The van der Waals surface area contributed by atoms with Gasteiger partial charge < -0.3 is 4.42 Å². The van der Waals surface area contributed by atoms with Crippen LogP contribution in [0.5, 0.6) is 0 Å². The number of para-hydroxylation sites is 1. The number of nitrogens with zero attached hydrogens (tertiary/aromatic N) is 2. The average Bonchev–Trinajstić information content (AvgIpc) is 3.68. The van der Waals surface area contributed by atoms with Gasteiger partial charge in [-0.2, -0.15) is 0 Å². The zero-order valence-electron chi connectivity index (χ0n) is 28.8. The number of benzene rings is 8. The van der Waals surface area contributed by atoms with E-state index >= 15 is 0 Å². The summed E-state index contributed by atoms with van der Waals surface area (Å²) in [5.74, 6) is 0.631. The molecule has 53 heavy (non-hydrogen) atoms. The number of pyridine rings is 1. The van der Waals surface area contributed by atoms with Crippen LogP contribution in [-0.4, -0.2) is 9.97 Å². The summed E-state index contributed by atoms with van der Waals surface area (Å²) in [6.07, 6.45) is 0.